The summed E-state index contributed by atoms with van der Waals surface area (Å²) in [5.41, 5.74) is 0.807. The largest absolute Gasteiger partial charge is 0.493 e. The Morgan fingerprint density at radius 2 is 1.76 bits per heavy atom. The predicted molar refractivity (Wildman–Crippen MR) is 79.2 cm³/mol. The van der Waals surface area contributed by atoms with Crippen LogP contribution in [0.3, 0.4) is 0 Å². The highest BCUT2D eigenvalue weighted by atomic mass is 16.5. The Hall–Kier alpha value is -1.95. The Morgan fingerprint density at radius 3 is 2.19 bits per heavy atom. The van der Waals surface area contributed by atoms with Crippen molar-refractivity contribution in [2.75, 3.05) is 21.3 Å². The van der Waals surface area contributed by atoms with Crippen LogP contribution in [0.1, 0.15) is 19.4 Å². The summed E-state index contributed by atoms with van der Waals surface area (Å²) in [7, 11) is 4.62. The van der Waals surface area contributed by atoms with Gasteiger partial charge in [0.05, 0.1) is 21.3 Å². The van der Waals surface area contributed by atoms with Crippen molar-refractivity contribution in [2.24, 2.45) is 5.92 Å². The molecule has 0 saturated heterocycles. The minimum atomic E-state index is -0.871. The van der Waals surface area contributed by atoms with Crippen molar-refractivity contribution < 1.29 is 24.1 Å². The van der Waals surface area contributed by atoms with Crippen LogP contribution in [0.25, 0.3) is 0 Å². The van der Waals surface area contributed by atoms with E-state index in [0.717, 1.165) is 5.56 Å². The Morgan fingerprint density at radius 1 is 1.14 bits per heavy atom. The molecule has 118 valence electrons. The molecule has 0 aliphatic heterocycles. The standard InChI is InChI=1S/C15H23NO5/c1-9(2)12(15(17)18)16-8-10-6-7-11(19-3)14(21-5)13(10)20-4/h6-7,9,12,16H,8H2,1-5H3,(H,17,18)/t12-/m0/s1. The lowest BCUT2D eigenvalue weighted by Gasteiger charge is -2.20. The quantitative estimate of drug-likeness (QED) is 0.763. The van der Waals surface area contributed by atoms with Gasteiger partial charge < -0.3 is 19.3 Å². The zero-order valence-electron chi connectivity index (χ0n) is 13.1. The van der Waals surface area contributed by atoms with Gasteiger partial charge in [0.15, 0.2) is 11.5 Å². The average Bonchev–Trinajstić information content (AvgIpc) is 2.45. The monoisotopic (exact) mass is 297 g/mol. The SMILES string of the molecule is COc1ccc(CN[C@H](C(=O)O)C(C)C)c(OC)c1OC. The highest BCUT2D eigenvalue weighted by molar-refractivity contribution is 5.73. The molecule has 0 fully saturated rings. The van der Waals surface area contributed by atoms with Crippen molar-refractivity contribution in [3.05, 3.63) is 17.7 Å². The van der Waals surface area contributed by atoms with Gasteiger partial charge in [-0.25, -0.2) is 0 Å². The molecule has 0 aliphatic rings. The van der Waals surface area contributed by atoms with Gasteiger partial charge in [0.1, 0.15) is 6.04 Å². The molecule has 0 bridgehead atoms. The van der Waals surface area contributed by atoms with Crippen molar-refractivity contribution in [2.45, 2.75) is 26.4 Å². The van der Waals surface area contributed by atoms with E-state index in [-0.39, 0.29) is 5.92 Å². The Balaban J connectivity index is 3.00. The maximum Gasteiger partial charge on any atom is 0.320 e. The average molecular weight is 297 g/mol. The molecule has 2 N–H and O–H groups in total. The zero-order chi connectivity index (χ0) is 16.0. The van der Waals surface area contributed by atoms with Crippen molar-refractivity contribution in [1.82, 2.24) is 5.32 Å². The van der Waals surface area contributed by atoms with Gasteiger partial charge in [-0.2, -0.15) is 0 Å². The summed E-state index contributed by atoms with van der Waals surface area (Å²) in [6.45, 7) is 4.08. The molecular weight excluding hydrogens is 274 g/mol. The molecule has 1 rings (SSSR count). The lowest BCUT2D eigenvalue weighted by Crippen LogP contribution is -2.40. The molecular formula is C15H23NO5. The van der Waals surface area contributed by atoms with Gasteiger partial charge in [0.25, 0.3) is 0 Å². The summed E-state index contributed by atoms with van der Waals surface area (Å²) in [6.07, 6.45) is 0. The molecule has 0 spiro atoms. The first-order chi connectivity index (χ1) is 9.96. The molecule has 1 aromatic rings. The van der Waals surface area contributed by atoms with Crippen LogP contribution in [0.5, 0.6) is 17.2 Å². The lowest BCUT2D eigenvalue weighted by atomic mass is 10.0. The summed E-state index contributed by atoms with van der Waals surface area (Å²) >= 11 is 0. The fourth-order valence-corrected chi connectivity index (χ4v) is 2.13. The molecule has 1 atom stereocenters. The number of carbonyl (C=O) groups is 1. The second-order valence-electron chi connectivity index (χ2n) is 4.93. The van der Waals surface area contributed by atoms with Crippen LogP contribution in [0.4, 0.5) is 0 Å². The molecule has 0 amide bonds. The summed E-state index contributed by atoms with van der Waals surface area (Å²) in [4.78, 5) is 11.2. The molecule has 6 nitrogen and oxygen atoms in total. The Labute approximate surface area is 125 Å². The maximum atomic E-state index is 11.2. The van der Waals surface area contributed by atoms with Crippen LogP contribution in [0, 0.1) is 5.92 Å². The smallest absolute Gasteiger partial charge is 0.320 e. The van der Waals surface area contributed by atoms with Crippen molar-refractivity contribution in [1.29, 1.82) is 0 Å². The van der Waals surface area contributed by atoms with E-state index >= 15 is 0 Å². The van der Waals surface area contributed by atoms with Crippen LogP contribution in [-0.2, 0) is 11.3 Å². The molecule has 0 aliphatic carbocycles. The molecule has 6 heteroatoms. The van der Waals surface area contributed by atoms with Crippen molar-refractivity contribution >= 4 is 5.97 Å². The van der Waals surface area contributed by atoms with Gasteiger partial charge in [-0.05, 0) is 12.0 Å². The van der Waals surface area contributed by atoms with Crippen LogP contribution < -0.4 is 19.5 Å². The van der Waals surface area contributed by atoms with E-state index in [1.165, 1.54) is 14.2 Å². The summed E-state index contributed by atoms with van der Waals surface area (Å²) in [5.74, 6) is 0.711. The first kappa shape index (κ1) is 17.1. The van der Waals surface area contributed by atoms with E-state index in [4.69, 9.17) is 14.2 Å². The predicted octanol–water partition coefficient (Wildman–Crippen LogP) is 1.91. The molecule has 1 aromatic carbocycles. The Kier molecular flexibility index (Phi) is 6.30. The van der Waals surface area contributed by atoms with E-state index in [1.54, 1.807) is 13.2 Å². The normalized spacial score (nSPS) is 12.1. The van der Waals surface area contributed by atoms with E-state index in [0.29, 0.717) is 23.8 Å². The molecule has 0 radical (unpaired) electrons. The second kappa shape index (κ2) is 7.73. The third-order valence-electron chi connectivity index (χ3n) is 3.23. The number of methoxy groups -OCH3 is 3. The van der Waals surface area contributed by atoms with Crippen LogP contribution in [0.15, 0.2) is 12.1 Å². The number of carboxylic acid groups (broad SMARTS) is 1. The maximum absolute atomic E-state index is 11.2. The number of benzene rings is 1. The number of hydrogen-bond donors (Lipinski definition) is 2. The number of ether oxygens (including phenoxy) is 3. The zero-order valence-corrected chi connectivity index (χ0v) is 13.1. The van der Waals surface area contributed by atoms with Gasteiger partial charge >= 0.3 is 5.97 Å². The number of hydrogen-bond acceptors (Lipinski definition) is 5. The fraction of sp³-hybridized carbons (Fsp3) is 0.533. The van der Waals surface area contributed by atoms with Crippen LogP contribution >= 0.6 is 0 Å². The van der Waals surface area contributed by atoms with E-state index in [1.807, 2.05) is 19.9 Å². The third-order valence-corrected chi connectivity index (χ3v) is 3.23. The van der Waals surface area contributed by atoms with Gasteiger partial charge in [-0.1, -0.05) is 19.9 Å². The fourth-order valence-electron chi connectivity index (χ4n) is 2.13. The highest BCUT2D eigenvalue weighted by Crippen LogP contribution is 2.39. The van der Waals surface area contributed by atoms with E-state index in [2.05, 4.69) is 5.32 Å². The number of nitrogens with one attached hydrogen (secondary N) is 1. The van der Waals surface area contributed by atoms with E-state index < -0.39 is 12.0 Å². The Bertz CT molecular complexity index is 487. The summed E-state index contributed by atoms with van der Waals surface area (Å²) < 4.78 is 15.9. The van der Waals surface area contributed by atoms with Crippen molar-refractivity contribution in [3.8, 4) is 17.2 Å². The molecule has 21 heavy (non-hydrogen) atoms. The van der Waals surface area contributed by atoms with Crippen molar-refractivity contribution in [3.63, 3.8) is 0 Å². The first-order valence-electron chi connectivity index (χ1n) is 6.70. The summed E-state index contributed by atoms with van der Waals surface area (Å²) in [6, 6.07) is 2.97. The topological polar surface area (TPSA) is 77.0 Å². The minimum Gasteiger partial charge on any atom is -0.493 e. The van der Waals surface area contributed by atoms with Gasteiger partial charge in [0, 0.05) is 12.1 Å². The van der Waals surface area contributed by atoms with Crippen LogP contribution in [-0.4, -0.2) is 38.4 Å². The highest BCUT2D eigenvalue weighted by Gasteiger charge is 2.22. The van der Waals surface area contributed by atoms with Gasteiger partial charge in [0.2, 0.25) is 5.75 Å². The lowest BCUT2D eigenvalue weighted by molar-refractivity contribution is -0.140. The second-order valence-corrected chi connectivity index (χ2v) is 4.93. The third kappa shape index (κ3) is 4.01. The molecule has 0 unspecified atom stereocenters. The number of carboxylic acids is 1. The molecule has 0 aromatic heterocycles. The number of aliphatic carboxylic acids is 1. The molecule has 0 saturated carbocycles. The van der Waals surface area contributed by atoms with E-state index in [9.17, 15) is 9.90 Å². The van der Waals surface area contributed by atoms with Gasteiger partial charge in [-0.15, -0.1) is 0 Å². The van der Waals surface area contributed by atoms with Crippen LogP contribution in [0.2, 0.25) is 0 Å². The first-order valence-corrected chi connectivity index (χ1v) is 6.70. The molecule has 0 heterocycles. The minimum absolute atomic E-state index is 0.0198. The number of rotatable bonds is 8. The summed E-state index contributed by atoms with van der Waals surface area (Å²) in [5, 5.41) is 12.2. The van der Waals surface area contributed by atoms with Gasteiger partial charge in [-0.3, -0.25) is 10.1 Å².